The summed E-state index contributed by atoms with van der Waals surface area (Å²) < 4.78 is 5.38. The van der Waals surface area contributed by atoms with Crippen molar-refractivity contribution in [2.24, 2.45) is 0 Å². The van der Waals surface area contributed by atoms with E-state index in [1.165, 1.54) is 0 Å². The van der Waals surface area contributed by atoms with Crippen molar-refractivity contribution in [3.63, 3.8) is 0 Å². The zero-order valence-electron chi connectivity index (χ0n) is 15.6. The predicted molar refractivity (Wildman–Crippen MR) is 97.5 cm³/mol. The Morgan fingerprint density at radius 2 is 1.84 bits per heavy atom. The molecule has 0 spiro atoms. The van der Waals surface area contributed by atoms with Crippen LogP contribution in [-0.2, 0) is 9.59 Å². The highest BCUT2D eigenvalue weighted by Gasteiger charge is 2.26. The Bertz CT molecular complexity index is 605. The molecule has 1 heterocycles. The Kier molecular flexibility index (Phi) is 6.82. The number of rotatable bonds is 5. The number of para-hydroxylation sites is 1. The van der Waals surface area contributed by atoms with Crippen molar-refractivity contribution in [2.75, 3.05) is 33.3 Å². The molecule has 1 aliphatic rings. The Morgan fingerprint density at radius 3 is 2.52 bits per heavy atom. The van der Waals surface area contributed by atoms with Crippen molar-refractivity contribution in [1.82, 2.24) is 15.1 Å². The summed E-state index contributed by atoms with van der Waals surface area (Å²) in [6.45, 7) is 8.46. The predicted octanol–water partition coefficient (Wildman–Crippen LogP) is 1.82. The fourth-order valence-corrected chi connectivity index (χ4v) is 3.24. The number of methoxy groups -OCH3 is 1. The van der Waals surface area contributed by atoms with Gasteiger partial charge in [-0.3, -0.25) is 14.5 Å². The first-order valence-corrected chi connectivity index (χ1v) is 8.87. The summed E-state index contributed by atoms with van der Waals surface area (Å²) in [5.41, 5.74) is 0.962. The number of benzene rings is 1. The molecule has 2 rings (SSSR count). The largest absolute Gasteiger partial charge is 0.496 e. The maximum absolute atomic E-state index is 12.7. The molecule has 1 aromatic carbocycles. The first-order chi connectivity index (χ1) is 11.9. The smallest absolute Gasteiger partial charge is 0.237 e. The number of nitrogens with zero attached hydrogens (tertiary/aromatic N) is 2. The molecule has 0 bridgehead atoms. The summed E-state index contributed by atoms with van der Waals surface area (Å²) in [5.74, 6) is 0.869. The van der Waals surface area contributed by atoms with E-state index in [1.54, 1.807) is 14.0 Å². The highest BCUT2D eigenvalue weighted by Crippen LogP contribution is 2.24. The van der Waals surface area contributed by atoms with Gasteiger partial charge in [0, 0.05) is 38.7 Å². The van der Waals surface area contributed by atoms with Crippen LogP contribution in [0.3, 0.4) is 0 Å². The monoisotopic (exact) mass is 347 g/mol. The molecule has 2 unspecified atom stereocenters. The molecule has 0 radical (unpaired) electrons. The van der Waals surface area contributed by atoms with E-state index >= 15 is 0 Å². The lowest BCUT2D eigenvalue weighted by atomic mass is 10.1. The van der Waals surface area contributed by atoms with Gasteiger partial charge in [0.1, 0.15) is 5.75 Å². The fourth-order valence-electron chi connectivity index (χ4n) is 3.24. The van der Waals surface area contributed by atoms with Crippen molar-refractivity contribution >= 4 is 11.8 Å². The maximum Gasteiger partial charge on any atom is 0.237 e. The van der Waals surface area contributed by atoms with Gasteiger partial charge in [0.15, 0.2) is 0 Å². The molecular formula is C19H29N3O3. The zero-order valence-corrected chi connectivity index (χ0v) is 15.6. The molecule has 0 aromatic heterocycles. The van der Waals surface area contributed by atoms with E-state index in [1.807, 2.05) is 43.0 Å². The van der Waals surface area contributed by atoms with Gasteiger partial charge in [0.25, 0.3) is 0 Å². The van der Waals surface area contributed by atoms with E-state index in [0.717, 1.165) is 37.4 Å². The van der Waals surface area contributed by atoms with Gasteiger partial charge in [0.05, 0.1) is 19.2 Å². The van der Waals surface area contributed by atoms with Gasteiger partial charge in [-0.15, -0.1) is 0 Å². The number of ether oxygens (including phenoxy) is 1. The maximum atomic E-state index is 12.7. The minimum Gasteiger partial charge on any atom is -0.496 e. The fraction of sp³-hybridized carbons (Fsp3) is 0.579. The first-order valence-electron chi connectivity index (χ1n) is 8.87. The van der Waals surface area contributed by atoms with Gasteiger partial charge >= 0.3 is 0 Å². The van der Waals surface area contributed by atoms with Crippen LogP contribution in [0.5, 0.6) is 5.75 Å². The van der Waals surface area contributed by atoms with Crippen LogP contribution >= 0.6 is 0 Å². The molecule has 0 saturated carbocycles. The molecule has 1 aliphatic heterocycles. The second kappa shape index (κ2) is 8.85. The van der Waals surface area contributed by atoms with E-state index in [9.17, 15) is 9.59 Å². The Labute approximate surface area is 150 Å². The molecular weight excluding hydrogens is 318 g/mol. The van der Waals surface area contributed by atoms with Crippen LogP contribution in [-0.4, -0.2) is 60.9 Å². The van der Waals surface area contributed by atoms with E-state index < -0.39 is 0 Å². The van der Waals surface area contributed by atoms with Crippen molar-refractivity contribution in [2.45, 2.75) is 39.3 Å². The van der Waals surface area contributed by atoms with Crippen LogP contribution in [0.25, 0.3) is 0 Å². The summed E-state index contributed by atoms with van der Waals surface area (Å²) in [6.07, 6.45) is 0.888. The number of carbonyl (C=O) groups excluding carboxylic acids is 2. The van der Waals surface area contributed by atoms with Crippen molar-refractivity contribution in [1.29, 1.82) is 0 Å². The molecule has 1 saturated heterocycles. The van der Waals surface area contributed by atoms with Crippen LogP contribution in [0.2, 0.25) is 0 Å². The summed E-state index contributed by atoms with van der Waals surface area (Å²) in [7, 11) is 1.63. The Morgan fingerprint density at radius 1 is 1.12 bits per heavy atom. The molecule has 1 aromatic rings. The number of nitrogens with one attached hydrogen (secondary N) is 1. The van der Waals surface area contributed by atoms with E-state index in [2.05, 4.69) is 10.2 Å². The number of hydrogen-bond acceptors (Lipinski definition) is 4. The molecule has 138 valence electrons. The van der Waals surface area contributed by atoms with Crippen molar-refractivity contribution < 1.29 is 14.3 Å². The van der Waals surface area contributed by atoms with Crippen LogP contribution in [0.1, 0.15) is 38.8 Å². The first kappa shape index (κ1) is 19.2. The molecule has 2 atom stereocenters. The summed E-state index contributed by atoms with van der Waals surface area (Å²) in [5, 5.41) is 3.08. The zero-order chi connectivity index (χ0) is 18.4. The highest BCUT2D eigenvalue weighted by molar-refractivity contribution is 5.81. The molecule has 0 aliphatic carbocycles. The van der Waals surface area contributed by atoms with Gasteiger partial charge in [-0.1, -0.05) is 18.2 Å². The molecule has 6 heteroatoms. The van der Waals surface area contributed by atoms with Crippen LogP contribution in [0, 0.1) is 0 Å². The van der Waals surface area contributed by atoms with Gasteiger partial charge in [-0.05, 0) is 26.3 Å². The molecule has 25 heavy (non-hydrogen) atoms. The highest BCUT2D eigenvalue weighted by atomic mass is 16.5. The third-order valence-electron chi connectivity index (χ3n) is 4.87. The Balaban J connectivity index is 1.96. The average Bonchev–Trinajstić information content (AvgIpc) is 2.87. The lowest BCUT2D eigenvalue weighted by Gasteiger charge is -2.28. The summed E-state index contributed by atoms with van der Waals surface area (Å²) in [4.78, 5) is 28.2. The normalized spacial score (nSPS) is 18.2. The lowest BCUT2D eigenvalue weighted by molar-refractivity contribution is -0.128. The van der Waals surface area contributed by atoms with Gasteiger partial charge < -0.3 is 15.0 Å². The van der Waals surface area contributed by atoms with Gasteiger partial charge in [0.2, 0.25) is 11.8 Å². The summed E-state index contributed by atoms with van der Waals surface area (Å²) in [6, 6.07) is 7.35. The third kappa shape index (κ3) is 4.95. The lowest BCUT2D eigenvalue weighted by Crippen LogP contribution is -2.47. The minimum absolute atomic E-state index is 0.00492. The summed E-state index contributed by atoms with van der Waals surface area (Å²) >= 11 is 0. The standard InChI is InChI=1S/C19H29N3O3/c1-14(17-8-5-6-9-18(17)25-4)20-19(24)15(2)21-10-7-11-22(13-12-21)16(3)23/h5-6,8-9,14-15H,7,10-13H2,1-4H3,(H,20,24). The molecule has 2 amide bonds. The van der Waals surface area contributed by atoms with Crippen molar-refractivity contribution in [3.05, 3.63) is 29.8 Å². The Hall–Kier alpha value is -2.08. The van der Waals surface area contributed by atoms with Crippen molar-refractivity contribution in [3.8, 4) is 5.75 Å². The second-order valence-corrected chi connectivity index (χ2v) is 6.54. The number of amides is 2. The van der Waals surface area contributed by atoms with Gasteiger partial charge in [-0.2, -0.15) is 0 Å². The SMILES string of the molecule is COc1ccccc1C(C)NC(=O)C(C)N1CCCN(C(C)=O)CC1. The molecule has 6 nitrogen and oxygen atoms in total. The van der Waals surface area contributed by atoms with Gasteiger partial charge in [-0.25, -0.2) is 0 Å². The average molecular weight is 347 g/mol. The topological polar surface area (TPSA) is 61.9 Å². The van der Waals surface area contributed by atoms with E-state index in [4.69, 9.17) is 4.74 Å². The molecule has 1 fully saturated rings. The second-order valence-electron chi connectivity index (χ2n) is 6.54. The third-order valence-corrected chi connectivity index (χ3v) is 4.87. The quantitative estimate of drug-likeness (QED) is 0.882. The molecule has 1 N–H and O–H groups in total. The van der Waals surface area contributed by atoms with Crippen LogP contribution in [0.15, 0.2) is 24.3 Å². The van der Waals surface area contributed by atoms with Crippen LogP contribution < -0.4 is 10.1 Å². The van der Waals surface area contributed by atoms with E-state index in [-0.39, 0.29) is 23.9 Å². The number of hydrogen-bond donors (Lipinski definition) is 1. The van der Waals surface area contributed by atoms with E-state index in [0.29, 0.717) is 6.54 Å². The van der Waals surface area contributed by atoms with Crippen LogP contribution in [0.4, 0.5) is 0 Å². The number of carbonyl (C=O) groups is 2. The minimum atomic E-state index is -0.232.